The minimum Gasteiger partial charge on any atom is -0.343 e. The predicted molar refractivity (Wildman–Crippen MR) is 150 cm³/mol. The zero-order valence-corrected chi connectivity index (χ0v) is 23.6. The van der Waals surface area contributed by atoms with Gasteiger partial charge in [0.05, 0.1) is 15.7 Å². The molecular formula is C28H32Cl2FN5O4. The number of nitrogens with zero attached hydrogens (tertiary/aromatic N) is 2. The van der Waals surface area contributed by atoms with Gasteiger partial charge < -0.3 is 26.2 Å². The Hall–Kier alpha value is -3.21. The van der Waals surface area contributed by atoms with Crippen LogP contribution in [0.2, 0.25) is 10.0 Å². The van der Waals surface area contributed by atoms with Crippen LogP contribution in [0.1, 0.15) is 43.2 Å². The van der Waals surface area contributed by atoms with E-state index >= 15 is 0 Å². The minimum absolute atomic E-state index is 0.00722. The van der Waals surface area contributed by atoms with E-state index < -0.39 is 29.7 Å². The Bertz CT molecular complexity index is 1310. The van der Waals surface area contributed by atoms with E-state index in [2.05, 4.69) is 10.6 Å². The molecule has 1 saturated carbocycles. The normalized spacial score (nSPS) is 17.0. The standard InChI is InChI=1S/C28H32Cl2FN5O4/c1-35(18-6-7-18)23(37)10-11-24(38)36-15-17-5-3-2-4-16(17)14-22(36)28(40)34-21(12-13-32)27(39)33-20-9-8-19(29)25(30)26(20)31/h2-5,8-9,18,21-22H,6-7,10-15,32H2,1H3,(H,33,39)(H,34,40)/t21-,22-/m0/s1. The fraction of sp³-hybridized carbons (Fsp3) is 0.429. The molecule has 4 amide bonds. The van der Waals surface area contributed by atoms with Crippen molar-refractivity contribution >= 4 is 52.5 Å². The summed E-state index contributed by atoms with van der Waals surface area (Å²) in [6, 6.07) is 8.34. The summed E-state index contributed by atoms with van der Waals surface area (Å²) >= 11 is 11.7. The molecule has 1 aliphatic heterocycles. The van der Waals surface area contributed by atoms with Crippen molar-refractivity contribution in [1.82, 2.24) is 15.1 Å². The van der Waals surface area contributed by atoms with Crippen molar-refractivity contribution in [2.24, 2.45) is 5.73 Å². The van der Waals surface area contributed by atoms with Gasteiger partial charge in [0.1, 0.15) is 12.1 Å². The van der Waals surface area contributed by atoms with Crippen molar-refractivity contribution < 1.29 is 23.6 Å². The third-order valence-corrected chi connectivity index (χ3v) is 8.07. The molecule has 2 aliphatic rings. The van der Waals surface area contributed by atoms with Gasteiger partial charge in [0.15, 0.2) is 5.82 Å². The number of benzene rings is 2. The summed E-state index contributed by atoms with van der Waals surface area (Å²) in [7, 11) is 1.74. The molecule has 2 atom stereocenters. The number of halogens is 3. The minimum atomic E-state index is -1.10. The number of carbonyl (C=O) groups is 4. The molecule has 4 N–H and O–H groups in total. The van der Waals surface area contributed by atoms with E-state index in [0.29, 0.717) is 0 Å². The Morgan fingerprint density at radius 3 is 2.48 bits per heavy atom. The maximum atomic E-state index is 14.5. The predicted octanol–water partition coefficient (Wildman–Crippen LogP) is 3.26. The Balaban J connectivity index is 1.48. The summed E-state index contributed by atoms with van der Waals surface area (Å²) in [5.74, 6) is -2.58. The molecule has 0 radical (unpaired) electrons. The van der Waals surface area contributed by atoms with Crippen molar-refractivity contribution in [3.63, 3.8) is 0 Å². The smallest absolute Gasteiger partial charge is 0.247 e. The highest BCUT2D eigenvalue weighted by Crippen LogP contribution is 2.30. The average molecular weight is 592 g/mol. The second-order valence-electron chi connectivity index (χ2n) is 10.1. The number of nitrogens with one attached hydrogen (secondary N) is 2. The quantitative estimate of drug-likeness (QED) is 0.366. The number of fused-ring (bicyclic) bond motifs is 1. The lowest BCUT2D eigenvalue weighted by atomic mass is 9.92. The van der Waals surface area contributed by atoms with Crippen LogP contribution in [0.15, 0.2) is 36.4 Å². The first-order valence-electron chi connectivity index (χ1n) is 13.2. The van der Waals surface area contributed by atoms with Gasteiger partial charge in [-0.3, -0.25) is 19.2 Å². The molecule has 12 heteroatoms. The Morgan fingerprint density at radius 2 is 1.80 bits per heavy atom. The highest BCUT2D eigenvalue weighted by Gasteiger charge is 2.37. The highest BCUT2D eigenvalue weighted by atomic mass is 35.5. The van der Waals surface area contributed by atoms with E-state index in [1.54, 1.807) is 11.9 Å². The second-order valence-corrected chi connectivity index (χ2v) is 10.9. The van der Waals surface area contributed by atoms with Crippen molar-refractivity contribution in [1.29, 1.82) is 0 Å². The third-order valence-electron chi connectivity index (χ3n) is 7.29. The molecule has 40 heavy (non-hydrogen) atoms. The molecule has 0 unspecified atom stereocenters. The van der Waals surface area contributed by atoms with Gasteiger partial charge in [0, 0.05) is 38.9 Å². The highest BCUT2D eigenvalue weighted by molar-refractivity contribution is 6.42. The van der Waals surface area contributed by atoms with Gasteiger partial charge in [-0.25, -0.2) is 4.39 Å². The van der Waals surface area contributed by atoms with Gasteiger partial charge in [-0.05, 0) is 49.1 Å². The number of rotatable bonds is 10. The summed E-state index contributed by atoms with van der Waals surface area (Å²) in [5.41, 5.74) is 7.33. The lowest BCUT2D eigenvalue weighted by Gasteiger charge is -2.37. The Morgan fingerprint density at radius 1 is 1.10 bits per heavy atom. The van der Waals surface area contributed by atoms with Crippen molar-refractivity contribution in [2.45, 2.75) is 63.2 Å². The topological polar surface area (TPSA) is 125 Å². The molecule has 0 saturated heterocycles. The number of amides is 4. The molecule has 2 aromatic rings. The van der Waals surface area contributed by atoms with Crippen LogP contribution < -0.4 is 16.4 Å². The summed E-state index contributed by atoms with van der Waals surface area (Å²) in [4.78, 5) is 55.6. The summed E-state index contributed by atoms with van der Waals surface area (Å²) in [6.07, 6.45) is 2.26. The molecule has 214 valence electrons. The van der Waals surface area contributed by atoms with E-state index in [1.807, 2.05) is 24.3 Å². The molecule has 1 heterocycles. The van der Waals surface area contributed by atoms with Crippen LogP contribution in [0.4, 0.5) is 10.1 Å². The number of hydrogen-bond acceptors (Lipinski definition) is 5. The lowest BCUT2D eigenvalue weighted by molar-refractivity contribution is -0.144. The number of carbonyl (C=O) groups excluding carboxylic acids is 4. The first-order valence-corrected chi connectivity index (χ1v) is 13.9. The monoisotopic (exact) mass is 591 g/mol. The molecular weight excluding hydrogens is 560 g/mol. The second kappa shape index (κ2) is 13.0. The van der Waals surface area contributed by atoms with Gasteiger partial charge in [0.25, 0.3) is 0 Å². The van der Waals surface area contributed by atoms with Crippen LogP contribution in [0, 0.1) is 5.82 Å². The van der Waals surface area contributed by atoms with Crippen LogP contribution >= 0.6 is 23.2 Å². The Kier molecular flexibility index (Phi) is 9.65. The van der Waals surface area contributed by atoms with E-state index in [1.165, 1.54) is 17.0 Å². The van der Waals surface area contributed by atoms with Gasteiger partial charge in [0.2, 0.25) is 23.6 Å². The lowest BCUT2D eigenvalue weighted by Crippen LogP contribution is -2.56. The van der Waals surface area contributed by atoms with E-state index in [4.69, 9.17) is 28.9 Å². The number of nitrogens with two attached hydrogens (primary N) is 1. The SMILES string of the molecule is CN(C(=O)CCC(=O)N1Cc2ccccc2C[C@H]1C(=O)N[C@@H](CCN)C(=O)Nc1ccc(Cl)c(Cl)c1F)C1CC1. The maximum absolute atomic E-state index is 14.5. The average Bonchev–Trinajstić information content (AvgIpc) is 3.80. The zero-order valence-electron chi connectivity index (χ0n) is 22.1. The zero-order chi connectivity index (χ0) is 29.0. The fourth-order valence-electron chi connectivity index (χ4n) is 4.76. The van der Waals surface area contributed by atoms with Crippen molar-refractivity contribution in [3.8, 4) is 0 Å². The summed E-state index contributed by atoms with van der Waals surface area (Å²) in [5, 5.41) is 4.78. The molecule has 0 bridgehead atoms. The van der Waals surface area contributed by atoms with Crippen LogP contribution in [-0.4, -0.2) is 65.1 Å². The van der Waals surface area contributed by atoms with Crippen LogP contribution in [-0.2, 0) is 32.1 Å². The maximum Gasteiger partial charge on any atom is 0.247 e. The van der Waals surface area contributed by atoms with Crippen molar-refractivity contribution in [2.75, 3.05) is 18.9 Å². The van der Waals surface area contributed by atoms with Gasteiger partial charge in [-0.1, -0.05) is 47.5 Å². The summed E-state index contributed by atoms with van der Waals surface area (Å²) in [6.45, 7) is 0.261. The van der Waals surface area contributed by atoms with E-state index in [0.717, 1.165) is 24.0 Å². The molecule has 0 aromatic heterocycles. The first-order chi connectivity index (χ1) is 19.1. The van der Waals surface area contributed by atoms with E-state index in [9.17, 15) is 23.6 Å². The van der Waals surface area contributed by atoms with Gasteiger partial charge in [-0.15, -0.1) is 0 Å². The molecule has 1 aliphatic carbocycles. The van der Waals surface area contributed by atoms with Crippen LogP contribution in [0.25, 0.3) is 0 Å². The number of anilines is 1. The largest absolute Gasteiger partial charge is 0.343 e. The summed E-state index contributed by atoms with van der Waals surface area (Å²) < 4.78 is 14.5. The van der Waals surface area contributed by atoms with Gasteiger partial charge >= 0.3 is 0 Å². The molecule has 0 spiro atoms. The van der Waals surface area contributed by atoms with E-state index in [-0.39, 0.29) is 72.4 Å². The Labute approximate surface area is 242 Å². The van der Waals surface area contributed by atoms with Gasteiger partial charge in [-0.2, -0.15) is 0 Å². The van der Waals surface area contributed by atoms with Crippen LogP contribution in [0.5, 0.6) is 0 Å². The molecule has 9 nitrogen and oxygen atoms in total. The first kappa shape index (κ1) is 29.8. The molecule has 1 fully saturated rings. The molecule has 4 rings (SSSR count). The fourth-order valence-corrected chi connectivity index (χ4v) is 5.08. The van der Waals surface area contributed by atoms with Crippen molar-refractivity contribution in [3.05, 3.63) is 63.4 Å². The van der Waals surface area contributed by atoms with Crippen LogP contribution in [0.3, 0.4) is 0 Å². The molecule has 2 aromatic carbocycles. The third kappa shape index (κ3) is 6.92. The number of hydrogen-bond donors (Lipinski definition) is 3.